The van der Waals surface area contributed by atoms with Gasteiger partial charge >= 0.3 is 0 Å². The summed E-state index contributed by atoms with van der Waals surface area (Å²) in [5.74, 6) is -0.546. The number of nitrogens with zero attached hydrogens (tertiary/aromatic N) is 2. The van der Waals surface area contributed by atoms with Crippen LogP contribution >= 0.6 is 0 Å². The zero-order chi connectivity index (χ0) is 15.1. The Labute approximate surface area is 121 Å². The number of amides is 2. The summed E-state index contributed by atoms with van der Waals surface area (Å²) >= 11 is 0. The van der Waals surface area contributed by atoms with Gasteiger partial charge in [0.2, 0.25) is 5.91 Å². The number of pyridine rings is 1. The van der Waals surface area contributed by atoms with E-state index >= 15 is 0 Å². The Bertz CT molecular complexity index is 668. The van der Waals surface area contributed by atoms with E-state index < -0.39 is 0 Å². The molecule has 2 amide bonds. The third-order valence-corrected chi connectivity index (χ3v) is 2.53. The first-order valence-electron chi connectivity index (χ1n) is 6.26. The average molecular weight is 282 g/mol. The van der Waals surface area contributed by atoms with Crippen LogP contribution in [-0.2, 0) is 4.79 Å². The highest BCUT2D eigenvalue weighted by molar-refractivity contribution is 5.97. The Morgan fingerprint density at radius 2 is 1.95 bits per heavy atom. The number of benzene rings is 1. The standard InChI is InChI=1S/C15H14N4O2/c1-11(20)18-14-4-2-3-13(9-14)15(21)19-17-10-12-5-7-16-8-6-12/h2-10H,1H3,(H,18,20)(H,19,21). The number of carbonyl (C=O) groups is 2. The van der Waals surface area contributed by atoms with Crippen molar-refractivity contribution in [2.24, 2.45) is 5.10 Å². The van der Waals surface area contributed by atoms with E-state index in [4.69, 9.17) is 0 Å². The topological polar surface area (TPSA) is 83.5 Å². The molecule has 0 aliphatic rings. The van der Waals surface area contributed by atoms with Crippen LogP contribution in [0.5, 0.6) is 0 Å². The van der Waals surface area contributed by atoms with Crippen LogP contribution in [-0.4, -0.2) is 23.0 Å². The molecule has 0 aliphatic heterocycles. The molecule has 0 spiro atoms. The molecule has 6 heteroatoms. The van der Waals surface area contributed by atoms with Gasteiger partial charge in [0.1, 0.15) is 0 Å². The van der Waals surface area contributed by atoms with Gasteiger partial charge in [-0.05, 0) is 35.9 Å². The van der Waals surface area contributed by atoms with Crippen LogP contribution in [0.4, 0.5) is 5.69 Å². The van der Waals surface area contributed by atoms with Gasteiger partial charge in [-0.15, -0.1) is 0 Å². The molecule has 1 heterocycles. The van der Waals surface area contributed by atoms with Crippen molar-refractivity contribution < 1.29 is 9.59 Å². The molecule has 0 aliphatic carbocycles. The molecule has 2 aromatic rings. The van der Waals surface area contributed by atoms with Gasteiger partial charge < -0.3 is 5.32 Å². The molecule has 21 heavy (non-hydrogen) atoms. The molecule has 0 atom stereocenters. The molecule has 0 saturated heterocycles. The van der Waals surface area contributed by atoms with Crippen molar-refractivity contribution in [3.8, 4) is 0 Å². The van der Waals surface area contributed by atoms with E-state index in [1.165, 1.54) is 13.1 Å². The van der Waals surface area contributed by atoms with Crippen molar-refractivity contribution in [1.82, 2.24) is 10.4 Å². The van der Waals surface area contributed by atoms with Gasteiger partial charge in [-0.25, -0.2) is 5.43 Å². The van der Waals surface area contributed by atoms with Gasteiger partial charge in [0.25, 0.3) is 5.91 Å². The van der Waals surface area contributed by atoms with Crippen LogP contribution < -0.4 is 10.7 Å². The predicted molar refractivity (Wildman–Crippen MR) is 80.0 cm³/mol. The third-order valence-electron chi connectivity index (χ3n) is 2.53. The number of carbonyl (C=O) groups excluding carboxylic acids is 2. The molecule has 106 valence electrons. The Kier molecular flexibility index (Phi) is 4.76. The van der Waals surface area contributed by atoms with Crippen LogP contribution in [0.1, 0.15) is 22.8 Å². The number of hydrazone groups is 1. The summed E-state index contributed by atoms with van der Waals surface area (Å²) in [6, 6.07) is 10.2. The molecule has 2 N–H and O–H groups in total. The lowest BCUT2D eigenvalue weighted by Gasteiger charge is -2.04. The number of nitrogens with one attached hydrogen (secondary N) is 2. The zero-order valence-corrected chi connectivity index (χ0v) is 11.4. The minimum atomic E-state index is -0.354. The van der Waals surface area contributed by atoms with E-state index in [0.29, 0.717) is 11.3 Å². The molecule has 0 saturated carbocycles. The summed E-state index contributed by atoms with van der Waals surface area (Å²) in [5, 5.41) is 6.49. The molecule has 1 aromatic heterocycles. The minimum Gasteiger partial charge on any atom is -0.326 e. The maximum atomic E-state index is 11.9. The summed E-state index contributed by atoms with van der Waals surface area (Å²) in [6.45, 7) is 1.41. The van der Waals surface area contributed by atoms with Crippen LogP contribution in [0.15, 0.2) is 53.9 Å². The van der Waals surface area contributed by atoms with E-state index in [-0.39, 0.29) is 11.8 Å². The van der Waals surface area contributed by atoms with E-state index in [0.717, 1.165) is 5.56 Å². The Hall–Kier alpha value is -3.02. The highest BCUT2D eigenvalue weighted by Gasteiger charge is 2.05. The van der Waals surface area contributed by atoms with Crippen molar-refractivity contribution >= 4 is 23.7 Å². The molecule has 1 aromatic carbocycles. The fourth-order valence-corrected chi connectivity index (χ4v) is 1.62. The summed E-state index contributed by atoms with van der Waals surface area (Å²) in [6.07, 6.45) is 4.80. The van der Waals surface area contributed by atoms with E-state index in [9.17, 15) is 9.59 Å². The third kappa shape index (κ3) is 4.54. The summed E-state index contributed by atoms with van der Waals surface area (Å²) in [7, 11) is 0. The minimum absolute atomic E-state index is 0.191. The van der Waals surface area contributed by atoms with Crippen LogP contribution in [0, 0.1) is 0 Å². The van der Waals surface area contributed by atoms with Gasteiger partial charge in [-0.1, -0.05) is 6.07 Å². The fraction of sp³-hybridized carbons (Fsp3) is 0.0667. The molecule has 0 fully saturated rings. The van der Waals surface area contributed by atoms with Crippen molar-refractivity contribution in [1.29, 1.82) is 0 Å². The largest absolute Gasteiger partial charge is 0.326 e. The molecule has 0 radical (unpaired) electrons. The monoisotopic (exact) mass is 282 g/mol. The Morgan fingerprint density at radius 1 is 1.19 bits per heavy atom. The lowest BCUT2D eigenvalue weighted by molar-refractivity contribution is -0.114. The maximum Gasteiger partial charge on any atom is 0.271 e. The predicted octanol–water partition coefficient (Wildman–Crippen LogP) is 1.80. The second-order valence-electron chi connectivity index (χ2n) is 4.24. The summed E-state index contributed by atoms with van der Waals surface area (Å²) < 4.78 is 0. The van der Waals surface area contributed by atoms with Crippen LogP contribution in [0.2, 0.25) is 0 Å². The van der Waals surface area contributed by atoms with Crippen molar-refractivity contribution in [3.05, 3.63) is 59.9 Å². The average Bonchev–Trinajstić information content (AvgIpc) is 2.48. The van der Waals surface area contributed by atoms with Crippen molar-refractivity contribution in [2.45, 2.75) is 6.92 Å². The van der Waals surface area contributed by atoms with E-state index in [1.807, 2.05) is 0 Å². The van der Waals surface area contributed by atoms with Crippen molar-refractivity contribution in [3.63, 3.8) is 0 Å². The van der Waals surface area contributed by atoms with E-state index in [1.54, 1.807) is 48.8 Å². The first kappa shape index (κ1) is 14.4. The molecular formula is C15H14N4O2. The van der Waals surface area contributed by atoms with Crippen LogP contribution in [0.3, 0.4) is 0 Å². The normalized spacial score (nSPS) is 10.3. The first-order chi connectivity index (χ1) is 10.1. The highest BCUT2D eigenvalue weighted by Crippen LogP contribution is 2.10. The van der Waals surface area contributed by atoms with Crippen LogP contribution in [0.25, 0.3) is 0 Å². The highest BCUT2D eigenvalue weighted by atomic mass is 16.2. The summed E-state index contributed by atoms with van der Waals surface area (Å²) in [5.41, 5.74) is 4.23. The van der Waals surface area contributed by atoms with Gasteiger partial charge in [0.15, 0.2) is 0 Å². The van der Waals surface area contributed by atoms with E-state index in [2.05, 4.69) is 20.8 Å². The van der Waals surface area contributed by atoms with Gasteiger partial charge in [-0.3, -0.25) is 14.6 Å². The fourth-order valence-electron chi connectivity index (χ4n) is 1.62. The number of anilines is 1. The lowest BCUT2D eigenvalue weighted by Crippen LogP contribution is -2.18. The molecule has 2 rings (SSSR count). The summed E-state index contributed by atoms with van der Waals surface area (Å²) in [4.78, 5) is 26.8. The van der Waals surface area contributed by atoms with Crippen molar-refractivity contribution in [2.75, 3.05) is 5.32 Å². The molecule has 6 nitrogen and oxygen atoms in total. The van der Waals surface area contributed by atoms with Gasteiger partial charge in [0, 0.05) is 30.6 Å². The SMILES string of the molecule is CC(=O)Nc1cccc(C(=O)NN=Cc2ccncc2)c1. The first-order valence-corrected chi connectivity index (χ1v) is 6.26. The number of rotatable bonds is 4. The lowest BCUT2D eigenvalue weighted by atomic mass is 10.2. The quantitative estimate of drug-likeness (QED) is 0.662. The van der Waals surface area contributed by atoms with Gasteiger partial charge in [-0.2, -0.15) is 5.10 Å². The maximum absolute atomic E-state index is 11.9. The van der Waals surface area contributed by atoms with Gasteiger partial charge in [0.05, 0.1) is 6.21 Å². The molecule has 0 bridgehead atoms. The number of aromatic nitrogens is 1. The second kappa shape index (κ2) is 6.95. The second-order valence-corrected chi connectivity index (χ2v) is 4.24. The molecular weight excluding hydrogens is 268 g/mol. The Balaban J connectivity index is 2.00. The zero-order valence-electron chi connectivity index (χ0n) is 11.4. The smallest absolute Gasteiger partial charge is 0.271 e. The Morgan fingerprint density at radius 3 is 2.67 bits per heavy atom. The number of hydrogen-bond donors (Lipinski definition) is 2. The molecule has 0 unspecified atom stereocenters. The number of hydrogen-bond acceptors (Lipinski definition) is 4.